The third-order valence-electron chi connectivity index (χ3n) is 11.8. The van der Waals surface area contributed by atoms with E-state index in [-0.39, 0.29) is 5.75 Å². The van der Waals surface area contributed by atoms with Crippen LogP contribution in [0.4, 0.5) is 0 Å². The van der Waals surface area contributed by atoms with Gasteiger partial charge in [0.25, 0.3) is 0 Å². The molecule has 280 valence electrons. The summed E-state index contributed by atoms with van der Waals surface area (Å²) >= 11 is 0. The third kappa shape index (κ3) is 5.21. The van der Waals surface area contributed by atoms with Gasteiger partial charge in [-0.25, -0.2) is 0 Å². The molecule has 3 aromatic heterocycles. The number of phenolic OH excluding ortho intramolecular Hbond substituents is 1. The van der Waals surface area contributed by atoms with E-state index >= 15 is 0 Å². The molecule has 0 saturated carbocycles. The highest BCUT2D eigenvalue weighted by atomic mass is 16.5. The molecule has 0 bridgehead atoms. The Bertz CT molecular complexity index is 3580. The molecule has 9 aromatic carbocycles. The van der Waals surface area contributed by atoms with Gasteiger partial charge in [0.1, 0.15) is 30.7 Å². The molecule has 0 spiro atoms. The number of phenols is 1. The van der Waals surface area contributed by atoms with Gasteiger partial charge in [-0.05, 0) is 71.8 Å². The Balaban J connectivity index is 1.04. The monoisotopic (exact) mass is 768 g/mol. The van der Waals surface area contributed by atoms with Gasteiger partial charge in [0.2, 0.25) is 0 Å². The maximum Gasteiger partial charge on any atom is 0.159 e. The first kappa shape index (κ1) is 34.1. The number of furan rings is 1. The number of hydrogen-bond acceptors (Lipinski definition) is 3. The summed E-state index contributed by atoms with van der Waals surface area (Å²) in [5.74, 6) is 1.26. The van der Waals surface area contributed by atoms with Crippen molar-refractivity contribution in [2.24, 2.45) is 0 Å². The number of ether oxygens (including phenoxy) is 1. The molecule has 0 aliphatic carbocycles. The van der Waals surface area contributed by atoms with E-state index in [9.17, 15) is 5.11 Å². The van der Waals surface area contributed by atoms with Crippen LogP contribution in [0.5, 0.6) is 17.2 Å². The molecule has 1 N–H and O–H groups in total. The largest absolute Gasteiger partial charge is 0.507 e. The Hall–Kier alpha value is -7.96. The first-order chi connectivity index (χ1) is 29.6. The summed E-state index contributed by atoms with van der Waals surface area (Å²) in [6, 6.07) is 65.8. The normalized spacial score (nSPS) is 11.8. The maximum atomic E-state index is 11.1. The van der Waals surface area contributed by atoms with E-state index < -0.39 is 0 Å². The molecule has 12 aromatic rings. The number of fused-ring (bicyclic) bond motifs is 9. The minimum atomic E-state index is 0.172. The van der Waals surface area contributed by atoms with Gasteiger partial charge in [-0.2, -0.15) is 0 Å². The number of aromatic hydroxyl groups is 1. The van der Waals surface area contributed by atoms with Crippen molar-refractivity contribution in [3.05, 3.63) is 194 Å². The molecule has 6 heteroatoms. The lowest BCUT2D eigenvalue weighted by atomic mass is 9.94. The number of para-hydroxylation sites is 7. The Morgan fingerprint density at radius 1 is 0.433 bits per heavy atom. The molecular weight excluding hydrogens is 735 g/mol. The predicted octanol–water partition coefficient (Wildman–Crippen LogP) is 13.4. The van der Waals surface area contributed by atoms with Crippen molar-refractivity contribution in [2.45, 2.75) is 0 Å². The van der Waals surface area contributed by atoms with E-state index in [1.54, 1.807) is 6.07 Å². The molecule has 0 amide bonds. The Kier molecular flexibility index (Phi) is 7.56. The van der Waals surface area contributed by atoms with Crippen LogP contribution in [0.1, 0.15) is 0 Å². The third-order valence-corrected chi connectivity index (χ3v) is 11.8. The van der Waals surface area contributed by atoms with Crippen LogP contribution in [0, 0.1) is 0 Å². The summed E-state index contributed by atoms with van der Waals surface area (Å²) in [4.78, 5) is 0. The average molecular weight is 769 g/mol. The summed E-state index contributed by atoms with van der Waals surface area (Å²) < 4.78 is 18.4. The van der Waals surface area contributed by atoms with Crippen molar-refractivity contribution in [2.75, 3.05) is 0 Å². The Labute approximate surface area is 345 Å². The van der Waals surface area contributed by atoms with Crippen molar-refractivity contribution in [3.8, 4) is 50.9 Å². The van der Waals surface area contributed by atoms with Gasteiger partial charge < -0.3 is 23.4 Å². The molecule has 0 aliphatic heterocycles. The van der Waals surface area contributed by atoms with Crippen LogP contribution < -0.4 is 10.2 Å². The van der Waals surface area contributed by atoms with Crippen LogP contribution in [0.2, 0.25) is 0 Å². The van der Waals surface area contributed by atoms with Gasteiger partial charge in [0, 0.05) is 55.2 Å². The summed E-state index contributed by atoms with van der Waals surface area (Å²) in [6.07, 6.45) is 0. The van der Waals surface area contributed by atoms with E-state index in [1.807, 2.05) is 48.5 Å². The second-order valence-corrected chi connectivity index (χ2v) is 15.3. The lowest BCUT2D eigenvalue weighted by Gasteiger charge is -2.16. The van der Waals surface area contributed by atoms with Gasteiger partial charge in [0.05, 0.1) is 27.8 Å². The minimum Gasteiger partial charge on any atom is -0.507 e. The fourth-order valence-corrected chi connectivity index (χ4v) is 9.16. The summed E-state index contributed by atoms with van der Waals surface area (Å²) in [7, 11) is 6.69. The fraction of sp³-hybridized carbons (Fsp3) is 0. The highest BCUT2D eigenvalue weighted by Gasteiger charge is 2.21. The van der Waals surface area contributed by atoms with Crippen molar-refractivity contribution in [1.82, 2.24) is 9.13 Å². The predicted molar refractivity (Wildman–Crippen MR) is 247 cm³/mol. The van der Waals surface area contributed by atoms with E-state index in [0.717, 1.165) is 72.1 Å². The number of benzene rings is 9. The van der Waals surface area contributed by atoms with E-state index in [2.05, 4.69) is 149 Å². The van der Waals surface area contributed by atoms with Gasteiger partial charge in [-0.15, -0.1) is 0 Å². The summed E-state index contributed by atoms with van der Waals surface area (Å²) in [5.41, 5.74) is 11.6. The topological polar surface area (TPSA) is 52.5 Å². The lowest BCUT2D eigenvalue weighted by Crippen LogP contribution is -2.08. The van der Waals surface area contributed by atoms with Gasteiger partial charge in [0.15, 0.2) is 5.58 Å². The smallest absolute Gasteiger partial charge is 0.159 e. The van der Waals surface area contributed by atoms with Gasteiger partial charge >= 0.3 is 0 Å². The second kappa shape index (κ2) is 13.3. The zero-order valence-corrected chi connectivity index (χ0v) is 32.2. The molecule has 0 aliphatic rings. The van der Waals surface area contributed by atoms with Crippen molar-refractivity contribution < 1.29 is 14.3 Å². The molecule has 2 radical (unpaired) electrons. The first-order valence-corrected chi connectivity index (χ1v) is 20.0. The number of hydrogen-bond donors (Lipinski definition) is 1. The van der Waals surface area contributed by atoms with Crippen LogP contribution in [0.3, 0.4) is 0 Å². The van der Waals surface area contributed by atoms with Crippen LogP contribution in [-0.2, 0) is 0 Å². The average Bonchev–Trinajstić information content (AvgIpc) is 3.95. The van der Waals surface area contributed by atoms with Crippen molar-refractivity contribution in [1.29, 1.82) is 0 Å². The maximum absolute atomic E-state index is 11.1. The highest BCUT2D eigenvalue weighted by Crippen LogP contribution is 2.43. The van der Waals surface area contributed by atoms with Crippen LogP contribution in [0.25, 0.3) is 99.2 Å². The minimum absolute atomic E-state index is 0.172. The molecular formula is C54H33BN2O3. The molecule has 5 nitrogen and oxygen atoms in total. The molecule has 12 rings (SSSR count). The molecule has 0 unspecified atom stereocenters. The second-order valence-electron chi connectivity index (χ2n) is 15.3. The van der Waals surface area contributed by atoms with Crippen molar-refractivity contribution >= 4 is 78.9 Å². The molecule has 0 saturated heterocycles. The zero-order chi connectivity index (χ0) is 39.9. The van der Waals surface area contributed by atoms with E-state index in [4.69, 9.17) is 17.0 Å². The molecule has 60 heavy (non-hydrogen) atoms. The summed E-state index contributed by atoms with van der Waals surface area (Å²) in [6.45, 7) is 0. The lowest BCUT2D eigenvalue weighted by molar-refractivity contribution is 0.477. The quantitative estimate of drug-likeness (QED) is 0.171. The van der Waals surface area contributed by atoms with Crippen LogP contribution >= 0.6 is 0 Å². The fourth-order valence-electron chi connectivity index (χ4n) is 9.16. The Morgan fingerprint density at radius 2 is 0.933 bits per heavy atom. The number of aromatic nitrogens is 2. The number of rotatable bonds is 6. The molecule has 0 fully saturated rings. The van der Waals surface area contributed by atoms with Crippen molar-refractivity contribution in [3.63, 3.8) is 0 Å². The van der Waals surface area contributed by atoms with Crippen LogP contribution in [0.15, 0.2) is 199 Å². The van der Waals surface area contributed by atoms with Gasteiger partial charge in [-0.1, -0.05) is 133 Å². The van der Waals surface area contributed by atoms with Gasteiger partial charge in [-0.3, -0.25) is 0 Å². The van der Waals surface area contributed by atoms with Crippen LogP contribution in [-0.4, -0.2) is 22.1 Å². The first-order valence-electron chi connectivity index (χ1n) is 20.0. The molecule has 3 heterocycles. The highest BCUT2D eigenvalue weighted by molar-refractivity contribution is 6.34. The number of nitrogens with zero attached hydrogens (tertiary/aromatic N) is 2. The standard InChI is InChI=1S/C54H33BN2O3/c55-45-28-27-35(56-46-21-6-1-14-39(46)40-15-2-7-22-47(40)56)32-52(45)59-36-30-33(37-13-5-10-26-51(37)58)29-34(31-36)38-18-11-19-43-44-20-12-25-50(54(44)60-53(38)43)57-48-23-8-3-16-41(48)42-17-4-9-24-49(42)57/h1-32,58H. The Morgan fingerprint density at radius 3 is 1.57 bits per heavy atom. The SMILES string of the molecule is [B]c1ccc(-n2c3ccccc3c3ccccc32)cc1Oc1cc(-c2ccccc2O)cc(-c2cccc3c2oc2c(-n4c5ccccc5c5ccccc54)cccc23)c1. The summed E-state index contributed by atoms with van der Waals surface area (Å²) in [5, 5.41) is 17.9. The zero-order valence-electron chi connectivity index (χ0n) is 32.2. The molecule has 0 atom stereocenters. The van der Waals surface area contributed by atoms with E-state index in [1.165, 1.54) is 21.5 Å². The van der Waals surface area contributed by atoms with E-state index in [0.29, 0.717) is 22.5 Å².